The molecule has 1 heterocycles. The number of hydrogen-bond acceptors (Lipinski definition) is 3. The molecule has 1 aliphatic rings. The van der Waals surface area contributed by atoms with Crippen LogP contribution in [0.1, 0.15) is 12.5 Å². The van der Waals surface area contributed by atoms with Gasteiger partial charge in [-0.1, -0.05) is 19.1 Å². The van der Waals surface area contributed by atoms with E-state index in [4.69, 9.17) is 16.3 Å². The zero-order valence-electron chi connectivity index (χ0n) is 11.8. The third-order valence-electron chi connectivity index (χ3n) is 3.41. The molecule has 2 rings (SSSR count). The van der Waals surface area contributed by atoms with Gasteiger partial charge in [0, 0.05) is 37.1 Å². The lowest BCUT2D eigenvalue weighted by Crippen LogP contribution is -2.35. The highest BCUT2D eigenvalue weighted by atomic mass is 35.5. The molecule has 1 aliphatic heterocycles. The van der Waals surface area contributed by atoms with Gasteiger partial charge in [-0.2, -0.15) is 0 Å². The summed E-state index contributed by atoms with van der Waals surface area (Å²) in [4.78, 5) is 14.1. The molecule has 1 aromatic rings. The Morgan fingerprint density at radius 1 is 1.35 bits per heavy atom. The van der Waals surface area contributed by atoms with Crippen molar-refractivity contribution in [3.05, 3.63) is 29.8 Å². The Morgan fingerprint density at radius 2 is 2.00 bits per heavy atom. The molecule has 1 fully saturated rings. The number of alkyl halides is 1. The Kier molecular flexibility index (Phi) is 5.83. The predicted molar refractivity (Wildman–Crippen MR) is 81.1 cm³/mol. The van der Waals surface area contributed by atoms with Gasteiger partial charge >= 0.3 is 0 Å². The normalized spacial score (nSPS) is 17.7. The molecule has 0 saturated carbocycles. The first-order chi connectivity index (χ1) is 9.69. The lowest BCUT2D eigenvalue weighted by molar-refractivity contribution is -0.118. The van der Waals surface area contributed by atoms with Crippen LogP contribution in [-0.4, -0.2) is 43.0 Å². The Labute approximate surface area is 125 Å². The summed E-state index contributed by atoms with van der Waals surface area (Å²) in [6.45, 7) is 6.32. The second-order valence-electron chi connectivity index (χ2n) is 5.13. The van der Waals surface area contributed by atoms with Crippen molar-refractivity contribution in [1.82, 2.24) is 4.90 Å². The molecule has 0 bridgehead atoms. The molecule has 1 aromatic carbocycles. The van der Waals surface area contributed by atoms with Gasteiger partial charge < -0.3 is 10.1 Å². The van der Waals surface area contributed by atoms with Crippen LogP contribution in [0.4, 0.5) is 5.69 Å². The number of morpholine rings is 1. The molecule has 0 aliphatic carbocycles. The van der Waals surface area contributed by atoms with Gasteiger partial charge in [0.1, 0.15) is 0 Å². The summed E-state index contributed by atoms with van der Waals surface area (Å²) >= 11 is 5.67. The van der Waals surface area contributed by atoms with Gasteiger partial charge in [0.05, 0.1) is 13.2 Å². The molecule has 0 aromatic heterocycles. The topological polar surface area (TPSA) is 41.6 Å². The van der Waals surface area contributed by atoms with Crippen molar-refractivity contribution in [3.63, 3.8) is 0 Å². The Morgan fingerprint density at radius 3 is 2.60 bits per heavy atom. The lowest BCUT2D eigenvalue weighted by atomic mass is 10.1. The molecule has 20 heavy (non-hydrogen) atoms. The summed E-state index contributed by atoms with van der Waals surface area (Å²) < 4.78 is 5.33. The maximum Gasteiger partial charge on any atom is 0.228 e. The largest absolute Gasteiger partial charge is 0.379 e. The third-order valence-corrected chi connectivity index (χ3v) is 3.87. The van der Waals surface area contributed by atoms with Crippen LogP contribution in [-0.2, 0) is 16.1 Å². The van der Waals surface area contributed by atoms with Crippen LogP contribution in [0.2, 0.25) is 0 Å². The van der Waals surface area contributed by atoms with Gasteiger partial charge in [-0.3, -0.25) is 9.69 Å². The van der Waals surface area contributed by atoms with E-state index in [9.17, 15) is 4.79 Å². The van der Waals surface area contributed by atoms with Crippen LogP contribution < -0.4 is 5.32 Å². The van der Waals surface area contributed by atoms with E-state index >= 15 is 0 Å². The van der Waals surface area contributed by atoms with Crippen molar-refractivity contribution in [1.29, 1.82) is 0 Å². The number of ether oxygens (including phenoxy) is 1. The standard InChI is InChI=1S/C15H21ClN2O2/c1-12(10-16)15(19)17-14-4-2-13(3-5-14)11-18-6-8-20-9-7-18/h2-5,12H,6-11H2,1H3,(H,17,19). The van der Waals surface area contributed by atoms with E-state index in [-0.39, 0.29) is 11.8 Å². The van der Waals surface area contributed by atoms with Gasteiger partial charge in [-0.05, 0) is 17.7 Å². The second-order valence-corrected chi connectivity index (χ2v) is 5.44. The number of anilines is 1. The molecule has 110 valence electrons. The number of carbonyl (C=O) groups excluding carboxylic acids is 1. The summed E-state index contributed by atoms with van der Waals surface area (Å²) in [6, 6.07) is 7.98. The van der Waals surface area contributed by atoms with Gasteiger partial charge in [0.2, 0.25) is 5.91 Å². The highest BCUT2D eigenvalue weighted by Crippen LogP contribution is 2.13. The first-order valence-electron chi connectivity index (χ1n) is 6.95. The number of benzene rings is 1. The average Bonchev–Trinajstić information content (AvgIpc) is 2.49. The lowest BCUT2D eigenvalue weighted by Gasteiger charge is -2.26. The SMILES string of the molecule is CC(CCl)C(=O)Nc1ccc(CN2CCOCC2)cc1. The fraction of sp³-hybridized carbons (Fsp3) is 0.533. The molecular formula is C15H21ClN2O2. The van der Waals surface area contributed by atoms with Crippen LogP contribution in [0.5, 0.6) is 0 Å². The van der Waals surface area contributed by atoms with Crippen molar-refractivity contribution < 1.29 is 9.53 Å². The fourth-order valence-electron chi connectivity index (χ4n) is 2.05. The molecule has 1 atom stereocenters. The van der Waals surface area contributed by atoms with E-state index in [0.717, 1.165) is 38.5 Å². The third kappa shape index (κ3) is 4.47. The molecule has 0 spiro atoms. The first kappa shape index (κ1) is 15.3. The molecule has 0 radical (unpaired) electrons. The van der Waals surface area contributed by atoms with Crippen molar-refractivity contribution in [2.24, 2.45) is 5.92 Å². The molecule has 4 nitrogen and oxygen atoms in total. The van der Waals surface area contributed by atoms with Crippen molar-refractivity contribution in [2.45, 2.75) is 13.5 Å². The Hall–Kier alpha value is -1.10. The van der Waals surface area contributed by atoms with E-state index in [1.807, 2.05) is 19.1 Å². The number of carbonyl (C=O) groups is 1. The van der Waals surface area contributed by atoms with Crippen molar-refractivity contribution in [2.75, 3.05) is 37.5 Å². The van der Waals surface area contributed by atoms with E-state index < -0.39 is 0 Å². The van der Waals surface area contributed by atoms with Crippen LogP contribution in [0, 0.1) is 5.92 Å². The zero-order chi connectivity index (χ0) is 14.4. The monoisotopic (exact) mass is 296 g/mol. The molecular weight excluding hydrogens is 276 g/mol. The predicted octanol–water partition coefficient (Wildman–Crippen LogP) is 2.33. The van der Waals surface area contributed by atoms with E-state index in [1.165, 1.54) is 5.56 Å². The van der Waals surface area contributed by atoms with Gasteiger partial charge in [0.15, 0.2) is 0 Å². The molecule has 1 saturated heterocycles. The number of halogens is 1. The maximum absolute atomic E-state index is 11.7. The van der Waals surface area contributed by atoms with E-state index in [2.05, 4.69) is 22.3 Å². The number of amides is 1. The minimum Gasteiger partial charge on any atom is -0.379 e. The first-order valence-corrected chi connectivity index (χ1v) is 7.48. The van der Waals surface area contributed by atoms with Crippen LogP contribution in [0.3, 0.4) is 0 Å². The average molecular weight is 297 g/mol. The number of rotatable bonds is 5. The van der Waals surface area contributed by atoms with Crippen molar-refractivity contribution >= 4 is 23.2 Å². The van der Waals surface area contributed by atoms with Gasteiger partial charge in [-0.25, -0.2) is 0 Å². The summed E-state index contributed by atoms with van der Waals surface area (Å²) in [7, 11) is 0. The van der Waals surface area contributed by atoms with Gasteiger partial charge in [0.25, 0.3) is 0 Å². The number of hydrogen-bond donors (Lipinski definition) is 1. The smallest absolute Gasteiger partial charge is 0.228 e. The van der Waals surface area contributed by atoms with Crippen LogP contribution in [0.25, 0.3) is 0 Å². The van der Waals surface area contributed by atoms with Gasteiger partial charge in [-0.15, -0.1) is 11.6 Å². The van der Waals surface area contributed by atoms with Crippen LogP contribution >= 0.6 is 11.6 Å². The van der Waals surface area contributed by atoms with Crippen LogP contribution in [0.15, 0.2) is 24.3 Å². The minimum absolute atomic E-state index is 0.0408. The fourth-order valence-corrected chi connectivity index (χ4v) is 2.19. The molecule has 5 heteroatoms. The highest BCUT2D eigenvalue weighted by Gasteiger charge is 2.12. The van der Waals surface area contributed by atoms with Crippen molar-refractivity contribution in [3.8, 4) is 0 Å². The molecule has 1 unspecified atom stereocenters. The summed E-state index contributed by atoms with van der Waals surface area (Å²) in [5.74, 6) is 0.117. The molecule has 1 amide bonds. The number of nitrogens with zero attached hydrogens (tertiary/aromatic N) is 1. The summed E-state index contributed by atoms with van der Waals surface area (Å²) in [6.07, 6.45) is 0. The minimum atomic E-state index is -0.176. The summed E-state index contributed by atoms with van der Waals surface area (Å²) in [5.41, 5.74) is 2.06. The quantitative estimate of drug-likeness (QED) is 0.848. The Balaban J connectivity index is 1.87. The Bertz CT molecular complexity index is 430. The second kappa shape index (κ2) is 7.62. The van der Waals surface area contributed by atoms with E-state index in [1.54, 1.807) is 0 Å². The summed E-state index contributed by atoms with van der Waals surface area (Å²) in [5, 5.41) is 2.87. The molecule has 1 N–H and O–H groups in total. The maximum atomic E-state index is 11.7. The zero-order valence-corrected chi connectivity index (χ0v) is 12.5. The highest BCUT2D eigenvalue weighted by molar-refractivity contribution is 6.19. The number of nitrogens with one attached hydrogen (secondary N) is 1. The van der Waals surface area contributed by atoms with E-state index in [0.29, 0.717) is 5.88 Å².